The smallest absolute Gasteiger partial charge is 0.341 e. The number of hydrogen-bond donors (Lipinski definition) is 2. The van der Waals surface area contributed by atoms with E-state index in [0.717, 1.165) is 12.1 Å². The molecule has 8 heteroatoms. The SMILES string of the molecule is CNCCNC(=O)Cc1ccc(S(=O)(=O)C(F)F)cc1. The van der Waals surface area contributed by atoms with Crippen molar-refractivity contribution in [2.45, 2.75) is 17.1 Å². The second-order valence-corrected chi connectivity index (χ2v) is 6.00. The highest BCUT2D eigenvalue weighted by molar-refractivity contribution is 7.91. The Morgan fingerprint density at radius 3 is 2.30 bits per heavy atom. The van der Waals surface area contributed by atoms with Gasteiger partial charge in [-0.25, -0.2) is 8.42 Å². The first-order valence-corrected chi connectivity index (χ1v) is 7.45. The number of nitrogens with one attached hydrogen (secondary N) is 2. The molecule has 1 amide bonds. The predicted molar refractivity (Wildman–Crippen MR) is 70.3 cm³/mol. The molecule has 5 nitrogen and oxygen atoms in total. The summed E-state index contributed by atoms with van der Waals surface area (Å²) in [6.45, 7) is 1.12. The molecule has 1 rings (SSSR count). The van der Waals surface area contributed by atoms with E-state index in [1.54, 1.807) is 7.05 Å². The van der Waals surface area contributed by atoms with Crippen LogP contribution >= 0.6 is 0 Å². The Morgan fingerprint density at radius 1 is 1.20 bits per heavy atom. The molecule has 0 radical (unpaired) electrons. The van der Waals surface area contributed by atoms with Gasteiger partial charge in [-0.3, -0.25) is 4.79 Å². The highest BCUT2D eigenvalue weighted by atomic mass is 32.2. The number of halogens is 2. The molecule has 0 aliphatic heterocycles. The summed E-state index contributed by atoms with van der Waals surface area (Å²) in [5.41, 5.74) is 0.556. The summed E-state index contributed by atoms with van der Waals surface area (Å²) in [6.07, 6.45) is 0.0682. The minimum Gasteiger partial charge on any atom is -0.355 e. The standard InChI is InChI=1S/C12H16F2N2O3S/c1-15-6-7-16-11(17)8-9-2-4-10(5-3-9)20(18,19)12(13)14/h2-5,12,15H,6-8H2,1H3,(H,16,17). The van der Waals surface area contributed by atoms with Gasteiger partial charge in [0.15, 0.2) is 0 Å². The van der Waals surface area contributed by atoms with E-state index >= 15 is 0 Å². The summed E-state index contributed by atoms with van der Waals surface area (Å²) >= 11 is 0. The summed E-state index contributed by atoms with van der Waals surface area (Å²) < 4.78 is 47.1. The largest absolute Gasteiger partial charge is 0.355 e. The topological polar surface area (TPSA) is 75.3 Å². The summed E-state index contributed by atoms with van der Waals surface area (Å²) in [5.74, 6) is -3.66. The normalized spacial score (nSPS) is 11.6. The quantitative estimate of drug-likeness (QED) is 0.722. The second kappa shape index (κ2) is 7.30. The van der Waals surface area contributed by atoms with E-state index < -0.39 is 20.5 Å². The molecular formula is C12H16F2N2O3S. The summed E-state index contributed by atoms with van der Waals surface area (Å²) in [5, 5.41) is 5.52. The lowest BCUT2D eigenvalue weighted by Gasteiger charge is -2.06. The van der Waals surface area contributed by atoms with Crippen LogP contribution in [0, 0.1) is 0 Å². The summed E-state index contributed by atoms with van der Waals surface area (Å²) in [6, 6.07) is 4.87. The van der Waals surface area contributed by atoms with Crippen molar-refractivity contribution < 1.29 is 22.0 Å². The number of sulfone groups is 1. The van der Waals surface area contributed by atoms with Gasteiger partial charge < -0.3 is 10.6 Å². The lowest BCUT2D eigenvalue weighted by atomic mass is 10.1. The number of hydrogen-bond acceptors (Lipinski definition) is 4. The third kappa shape index (κ3) is 4.53. The number of amides is 1. The number of rotatable bonds is 7. The van der Waals surface area contributed by atoms with Crippen LogP contribution in [0.2, 0.25) is 0 Å². The molecule has 20 heavy (non-hydrogen) atoms. The zero-order valence-electron chi connectivity index (χ0n) is 10.9. The van der Waals surface area contributed by atoms with Gasteiger partial charge in [-0.05, 0) is 24.7 Å². The second-order valence-electron chi connectivity index (χ2n) is 4.08. The molecule has 0 aromatic heterocycles. The molecule has 0 atom stereocenters. The monoisotopic (exact) mass is 306 g/mol. The van der Waals surface area contributed by atoms with E-state index in [0.29, 0.717) is 18.7 Å². The molecule has 0 fully saturated rings. The van der Waals surface area contributed by atoms with Gasteiger partial charge in [0.25, 0.3) is 0 Å². The molecule has 0 spiro atoms. The zero-order chi connectivity index (χ0) is 15.2. The van der Waals surface area contributed by atoms with Crippen molar-refractivity contribution in [3.8, 4) is 0 Å². The Hall–Kier alpha value is -1.54. The van der Waals surface area contributed by atoms with Gasteiger partial charge in [0, 0.05) is 13.1 Å². The molecule has 0 saturated heterocycles. The molecule has 112 valence electrons. The Kier molecular flexibility index (Phi) is 6.03. The van der Waals surface area contributed by atoms with Crippen molar-refractivity contribution in [3.05, 3.63) is 29.8 Å². The Bertz CT molecular complexity index is 544. The lowest BCUT2D eigenvalue weighted by molar-refractivity contribution is -0.120. The maximum Gasteiger partial charge on any atom is 0.341 e. The number of carbonyl (C=O) groups excluding carboxylic acids is 1. The summed E-state index contributed by atoms with van der Waals surface area (Å²) in [7, 11) is -2.82. The van der Waals surface area contributed by atoms with Crippen LogP contribution in [0.1, 0.15) is 5.56 Å². The number of likely N-dealkylation sites (N-methyl/N-ethyl adjacent to an activating group) is 1. The van der Waals surface area contributed by atoms with E-state index in [1.807, 2.05) is 0 Å². The first-order valence-electron chi connectivity index (χ1n) is 5.90. The molecule has 0 aliphatic carbocycles. The minimum absolute atomic E-state index is 0.0682. The van der Waals surface area contributed by atoms with Crippen molar-refractivity contribution in [3.63, 3.8) is 0 Å². The summed E-state index contributed by atoms with van der Waals surface area (Å²) in [4.78, 5) is 11.0. The van der Waals surface area contributed by atoms with Gasteiger partial charge in [-0.1, -0.05) is 12.1 Å². The van der Waals surface area contributed by atoms with Crippen LogP contribution in [-0.4, -0.2) is 40.2 Å². The molecule has 2 N–H and O–H groups in total. The van der Waals surface area contributed by atoms with E-state index in [1.165, 1.54) is 12.1 Å². The van der Waals surface area contributed by atoms with Crippen molar-refractivity contribution in [2.24, 2.45) is 0 Å². The third-order valence-electron chi connectivity index (χ3n) is 2.55. The van der Waals surface area contributed by atoms with Crippen LogP contribution in [0.3, 0.4) is 0 Å². The van der Waals surface area contributed by atoms with Gasteiger partial charge >= 0.3 is 5.76 Å². The molecular weight excluding hydrogens is 290 g/mol. The molecule has 0 bridgehead atoms. The van der Waals surface area contributed by atoms with E-state index in [4.69, 9.17) is 0 Å². The Labute approximate surface area is 116 Å². The first kappa shape index (κ1) is 16.5. The van der Waals surface area contributed by atoms with Crippen LogP contribution in [0.4, 0.5) is 8.78 Å². The van der Waals surface area contributed by atoms with E-state index in [-0.39, 0.29) is 12.3 Å². The predicted octanol–water partition coefficient (Wildman–Crippen LogP) is 0.561. The molecule has 0 saturated carbocycles. The van der Waals surface area contributed by atoms with Crippen LogP contribution in [0.5, 0.6) is 0 Å². The van der Waals surface area contributed by atoms with Crippen LogP contribution < -0.4 is 10.6 Å². The van der Waals surface area contributed by atoms with Gasteiger partial charge in [0.1, 0.15) is 0 Å². The van der Waals surface area contributed by atoms with E-state index in [9.17, 15) is 22.0 Å². The van der Waals surface area contributed by atoms with Crippen molar-refractivity contribution in [2.75, 3.05) is 20.1 Å². The fourth-order valence-corrected chi connectivity index (χ4v) is 2.20. The number of carbonyl (C=O) groups is 1. The highest BCUT2D eigenvalue weighted by Gasteiger charge is 2.26. The van der Waals surface area contributed by atoms with Crippen LogP contribution in [0.15, 0.2) is 29.2 Å². The highest BCUT2D eigenvalue weighted by Crippen LogP contribution is 2.18. The van der Waals surface area contributed by atoms with E-state index in [2.05, 4.69) is 10.6 Å². The van der Waals surface area contributed by atoms with Gasteiger partial charge in [0.05, 0.1) is 11.3 Å². The van der Waals surface area contributed by atoms with Crippen LogP contribution in [-0.2, 0) is 21.1 Å². The van der Waals surface area contributed by atoms with Crippen molar-refractivity contribution >= 4 is 15.7 Å². The third-order valence-corrected chi connectivity index (χ3v) is 3.95. The van der Waals surface area contributed by atoms with Crippen molar-refractivity contribution in [1.29, 1.82) is 0 Å². The van der Waals surface area contributed by atoms with Gasteiger partial charge in [-0.15, -0.1) is 0 Å². The zero-order valence-corrected chi connectivity index (χ0v) is 11.7. The minimum atomic E-state index is -4.58. The maximum absolute atomic E-state index is 12.3. The Balaban J connectivity index is 2.66. The molecule has 0 heterocycles. The first-order chi connectivity index (χ1) is 9.37. The number of alkyl halides is 2. The lowest BCUT2D eigenvalue weighted by Crippen LogP contribution is -2.31. The van der Waals surface area contributed by atoms with Gasteiger partial charge in [0.2, 0.25) is 15.7 Å². The fourth-order valence-electron chi connectivity index (χ4n) is 1.47. The fraction of sp³-hybridized carbons (Fsp3) is 0.417. The Morgan fingerprint density at radius 2 is 1.80 bits per heavy atom. The average Bonchev–Trinajstić information content (AvgIpc) is 2.39. The van der Waals surface area contributed by atoms with Crippen LogP contribution in [0.25, 0.3) is 0 Å². The molecule has 1 aromatic carbocycles. The van der Waals surface area contributed by atoms with Crippen molar-refractivity contribution in [1.82, 2.24) is 10.6 Å². The number of benzene rings is 1. The maximum atomic E-state index is 12.3. The molecule has 1 aromatic rings. The average molecular weight is 306 g/mol. The molecule has 0 unspecified atom stereocenters. The molecule has 0 aliphatic rings. The van der Waals surface area contributed by atoms with Gasteiger partial charge in [-0.2, -0.15) is 8.78 Å².